The fraction of sp³-hybridized carbons (Fsp3) is 0.455. The lowest BCUT2D eigenvalue weighted by Gasteiger charge is -2.11. The van der Waals surface area contributed by atoms with Gasteiger partial charge in [-0.15, -0.1) is 21.2 Å². The van der Waals surface area contributed by atoms with Gasteiger partial charge in [0.15, 0.2) is 11.5 Å². The van der Waals surface area contributed by atoms with Crippen LogP contribution in [0.25, 0.3) is 0 Å². The molecule has 1 aromatic rings. The molecule has 7 heteroatoms. The number of rotatable bonds is 4. The van der Waals surface area contributed by atoms with Gasteiger partial charge in [0.05, 0.1) is 0 Å². The van der Waals surface area contributed by atoms with E-state index in [4.69, 9.17) is 11.5 Å². The van der Waals surface area contributed by atoms with E-state index in [0.717, 1.165) is 12.0 Å². The summed E-state index contributed by atoms with van der Waals surface area (Å²) in [5.74, 6) is 0.0560. The first-order chi connectivity index (χ1) is 8.02. The average molecular weight is 281 g/mol. The van der Waals surface area contributed by atoms with Crippen LogP contribution in [-0.4, -0.2) is 12.8 Å². The van der Waals surface area contributed by atoms with E-state index < -0.39 is 6.29 Å². The zero-order valence-corrected chi connectivity index (χ0v) is 10.4. The summed E-state index contributed by atoms with van der Waals surface area (Å²) in [7, 11) is 0. The molecule has 0 aromatic heterocycles. The van der Waals surface area contributed by atoms with Crippen LogP contribution in [0, 0.1) is 0 Å². The third-order valence-corrected chi connectivity index (χ3v) is 2.57. The van der Waals surface area contributed by atoms with Crippen LogP contribution >= 0.6 is 12.4 Å². The van der Waals surface area contributed by atoms with Crippen molar-refractivity contribution in [3.05, 3.63) is 23.8 Å². The van der Waals surface area contributed by atoms with Crippen LogP contribution < -0.4 is 20.9 Å². The number of halogens is 3. The maximum atomic E-state index is 12.8. The standard InChI is InChI=1S/C11H14F2N2O2.ClH/c12-11(13)16-9-4-3-7(6-10(9)17-11)8(15)2-1-5-14;/h3-4,6,8H,1-2,5,14-15H2;1H/t8-;/m1./s1. The Balaban J connectivity index is 0.00000162. The summed E-state index contributed by atoms with van der Waals surface area (Å²) in [6.45, 7) is 0.552. The van der Waals surface area contributed by atoms with Crippen molar-refractivity contribution in [3.8, 4) is 11.5 Å². The SMILES string of the molecule is Cl.NCCC[C@@H](N)c1ccc2c(c1)OC(F)(F)O2. The molecule has 102 valence electrons. The molecule has 0 saturated carbocycles. The highest BCUT2D eigenvalue weighted by molar-refractivity contribution is 5.85. The summed E-state index contributed by atoms with van der Waals surface area (Å²) in [6, 6.07) is 4.34. The second-order valence-electron chi connectivity index (χ2n) is 3.91. The summed E-state index contributed by atoms with van der Waals surface area (Å²) >= 11 is 0. The molecule has 0 amide bonds. The van der Waals surface area contributed by atoms with Gasteiger partial charge >= 0.3 is 6.29 Å². The van der Waals surface area contributed by atoms with Gasteiger partial charge in [0.1, 0.15) is 0 Å². The van der Waals surface area contributed by atoms with Crippen molar-refractivity contribution in [1.29, 1.82) is 0 Å². The monoisotopic (exact) mass is 280 g/mol. The fourth-order valence-electron chi connectivity index (χ4n) is 1.70. The first-order valence-corrected chi connectivity index (χ1v) is 5.37. The maximum Gasteiger partial charge on any atom is 0.586 e. The van der Waals surface area contributed by atoms with Gasteiger partial charge < -0.3 is 20.9 Å². The summed E-state index contributed by atoms with van der Waals surface area (Å²) in [6.07, 6.45) is -2.10. The van der Waals surface area contributed by atoms with Crippen LogP contribution in [0.2, 0.25) is 0 Å². The fourth-order valence-corrected chi connectivity index (χ4v) is 1.70. The maximum absolute atomic E-state index is 12.8. The third kappa shape index (κ3) is 3.22. The molecule has 1 heterocycles. The molecule has 18 heavy (non-hydrogen) atoms. The minimum absolute atomic E-state index is 0. The lowest BCUT2D eigenvalue weighted by molar-refractivity contribution is -0.286. The minimum atomic E-state index is -3.58. The largest absolute Gasteiger partial charge is 0.586 e. The molecule has 0 spiro atoms. The van der Waals surface area contributed by atoms with Crippen LogP contribution in [0.1, 0.15) is 24.4 Å². The van der Waals surface area contributed by atoms with Crippen LogP contribution in [-0.2, 0) is 0 Å². The van der Waals surface area contributed by atoms with Crippen molar-refractivity contribution in [1.82, 2.24) is 0 Å². The van der Waals surface area contributed by atoms with E-state index in [0.29, 0.717) is 13.0 Å². The number of ether oxygens (including phenoxy) is 2. The molecule has 0 saturated heterocycles. The number of nitrogens with two attached hydrogens (primary N) is 2. The van der Waals surface area contributed by atoms with Gasteiger partial charge in [-0.1, -0.05) is 6.07 Å². The van der Waals surface area contributed by atoms with E-state index in [1.54, 1.807) is 6.07 Å². The Morgan fingerprint density at radius 1 is 1.22 bits per heavy atom. The lowest BCUT2D eigenvalue weighted by atomic mass is 10.0. The molecule has 0 unspecified atom stereocenters. The number of fused-ring (bicyclic) bond motifs is 1. The Hall–Kier alpha value is -1.11. The smallest absolute Gasteiger partial charge is 0.395 e. The van der Waals surface area contributed by atoms with Gasteiger partial charge in [0.25, 0.3) is 0 Å². The number of benzene rings is 1. The molecule has 0 fully saturated rings. The first kappa shape index (κ1) is 14.9. The van der Waals surface area contributed by atoms with E-state index in [1.807, 2.05) is 0 Å². The van der Waals surface area contributed by atoms with Gasteiger partial charge in [-0.25, -0.2) is 0 Å². The predicted octanol–water partition coefficient (Wildman–Crippen LogP) is 2.17. The molecule has 1 aromatic carbocycles. The molecule has 1 atom stereocenters. The normalized spacial score (nSPS) is 17.1. The molecule has 0 bridgehead atoms. The van der Waals surface area contributed by atoms with E-state index in [1.165, 1.54) is 12.1 Å². The van der Waals surface area contributed by atoms with Gasteiger partial charge in [0.2, 0.25) is 0 Å². The van der Waals surface area contributed by atoms with Crippen LogP contribution in [0.15, 0.2) is 18.2 Å². The molecule has 0 radical (unpaired) electrons. The second kappa shape index (κ2) is 5.69. The second-order valence-corrected chi connectivity index (χ2v) is 3.91. The van der Waals surface area contributed by atoms with Gasteiger partial charge in [0, 0.05) is 6.04 Å². The van der Waals surface area contributed by atoms with Gasteiger partial charge in [-0.05, 0) is 37.1 Å². The van der Waals surface area contributed by atoms with Crippen molar-refractivity contribution in [2.75, 3.05) is 6.54 Å². The Kier molecular flexibility index (Phi) is 4.72. The van der Waals surface area contributed by atoms with Crippen LogP contribution in [0.3, 0.4) is 0 Å². The highest BCUT2D eigenvalue weighted by Gasteiger charge is 2.43. The summed E-state index contributed by atoms with van der Waals surface area (Å²) < 4.78 is 34.2. The van der Waals surface area contributed by atoms with Crippen LogP contribution in [0.5, 0.6) is 11.5 Å². The molecular weight excluding hydrogens is 266 g/mol. The Bertz CT molecular complexity index is 418. The molecule has 1 aliphatic heterocycles. The molecule has 4 N–H and O–H groups in total. The third-order valence-electron chi connectivity index (χ3n) is 2.57. The van der Waals surface area contributed by atoms with E-state index in [-0.39, 0.29) is 29.9 Å². The summed E-state index contributed by atoms with van der Waals surface area (Å²) in [5, 5.41) is 0. The minimum Gasteiger partial charge on any atom is -0.395 e. The lowest BCUT2D eigenvalue weighted by Crippen LogP contribution is -2.25. The zero-order chi connectivity index (χ0) is 12.5. The van der Waals surface area contributed by atoms with Crippen LogP contribution in [0.4, 0.5) is 8.78 Å². The van der Waals surface area contributed by atoms with Crippen molar-refractivity contribution in [2.24, 2.45) is 11.5 Å². The van der Waals surface area contributed by atoms with E-state index >= 15 is 0 Å². The van der Waals surface area contributed by atoms with Crippen molar-refractivity contribution in [2.45, 2.75) is 25.2 Å². The summed E-state index contributed by atoms with van der Waals surface area (Å²) in [4.78, 5) is 0. The van der Waals surface area contributed by atoms with Crippen molar-refractivity contribution in [3.63, 3.8) is 0 Å². The quantitative estimate of drug-likeness (QED) is 0.887. The van der Waals surface area contributed by atoms with Crippen molar-refractivity contribution < 1.29 is 18.3 Å². The molecule has 2 rings (SSSR count). The van der Waals surface area contributed by atoms with Gasteiger partial charge in [-0.2, -0.15) is 0 Å². The zero-order valence-electron chi connectivity index (χ0n) is 9.57. The molecule has 0 aliphatic carbocycles. The highest BCUT2D eigenvalue weighted by atomic mass is 35.5. The number of hydrogen-bond acceptors (Lipinski definition) is 4. The number of alkyl halides is 2. The van der Waals surface area contributed by atoms with Crippen molar-refractivity contribution >= 4 is 12.4 Å². The van der Waals surface area contributed by atoms with Gasteiger partial charge in [-0.3, -0.25) is 0 Å². The topological polar surface area (TPSA) is 70.5 Å². The predicted molar refractivity (Wildman–Crippen MR) is 65.1 cm³/mol. The summed E-state index contributed by atoms with van der Waals surface area (Å²) in [5.41, 5.74) is 12.0. The Morgan fingerprint density at radius 3 is 2.56 bits per heavy atom. The first-order valence-electron chi connectivity index (χ1n) is 5.37. The Labute approximate surface area is 110 Å². The van der Waals surface area contributed by atoms with E-state index in [9.17, 15) is 8.78 Å². The average Bonchev–Trinajstić information content (AvgIpc) is 2.58. The molecule has 1 aliphatic rings. The van der Waals surface area contributed by atoms with E-state index in [2.05, 4.69) is 9.47 Å². The Morgan fingerprint density at radius 2 is 1.89 bits per heavy atom. The molecule has 4 nitrogen and oxygen atoms in total. The number of hydrogen-bond donors (Lipinski definition) is 2. The molecular formula is C11H15ClF2N2O2. The highest BCUT2D eigenvalue weighted by Crippen LogP contribution is 2.42.